The summed E-state index contributed by atoms with van der Waals surface area (Å²) >= 11 is 0. The van der Waals surface area contributed by atoms with E-state index < -0.39 is 0 Å². The first-order valence-corrected chi connectivity index (χ1v) is 5.61. The standard InChI is InChI=1S/C13H18N2O/c1-3-4-8-13(16)15-14-10-12-7-5-6-11(2)9-12/h5-7,9-10H,3-4,8H2,1-2H3,(H,15,16). The molecule has 3 heteroatoms. The fourth-order valence-corrected chi connectivity index (χ4v) is 1.32. The minimum Gasteiger partial charge on any atom is -0.273 e. The molecule has 0 saturated heterocycles. The van der Waals surface area contributed by atoms with E-state index in [0.717, 1.165) is 18.4 Å². The van der Waals surface area contributed by atoms with Crippen LogP contribution in [-0.4, -0.2) is 12.1 Å². The van der Waals surface area contributed by atoms with Gasteiger partial charge in [0.2, 0.25) is 5.91 Å². The zero-order valence-corrected chi connectivity index (χ0v) is 9.86. The van der Waals surface area contributed by atoms with Gasteiger partial charge in [0, 0.05) is 6.42 Å². The number of nitrogens with zero attached hydrogens (tertiary/aromatic N) is 1. The van der Waals surface area contributed by atoms with E-state index >= 15 is 0 Å². The van der Waals surface area contributed by atoms with Gasteiger partial charge >= 0.3 is 0 Å². The predicted molar refractivity (Wildman–Crippen MR) is 66.4 cm³/mol. The zero-order valence-electron chi connectivity index (χ0n) is 9.86. The molecule has 0 aromatic heterocycles. The van der Waals surface area contributed by atoms with Gasteiger partial charge in [-0.15, -0.1) is 0 Å². The normalized spacial score (nSPS) is 10.6. The number of benzene rings is 1. The van der Waals surface area contributed by atoms with E-state index in [9.17, 15) is 4.79 Å². The highest BCUT2D eigenvalue weighted by Gasteiger charge is 1.96. The minimum absolute atomic E-state index is 0.0225. The van der Waals surface area contributed by atoms with Crippen LogP contribution in [0.5, 0.6) is 0 Å². The highest BCUT2D eigenvalue weighted by molar-refractivity contribution is 5.82. The average Bonchev–Trinajstić information content (AvgIpc) is 2.26. The van der Waals surface area contributed by atoms with Crippen LogP contribution in [0.25, 0.3) is 0 Å². The van der Waals surface area contributed by atoms with Crippen LogP contribution < -0.4 is 5.43 Å². The lowest BCUT2D eigenvalue weighted by Crippen LogP contribution is -2.16. The van der Waals surface area contributed by atoms with Gasteiger partial charge in [-0.05, 0) is 18.9 Å². The zero-order chi connectivity index (χ0) is 11.8. The molecule has 0 heterocycles. The molecule has 1 aromatic carbocycles. The summed E-state index contributed by atoms with van der Waals surface area (Å²) < 4.78 is 0. The summed E-state index contributed by atoms with van der Waals surface area (Å²) in [5, 5.41) is 3.91. The lowest BCUT2D eigenvalue weighted by molar-refractivity contribution is -0.121. The molecule has 1 amide bonds. The van der Waals surface area contributed by atoms with Gasteiger partial charge in [-0.1, -0.05) is 43.2 Å². The number of hydrogen-bond acceptors (Lipinski definition) is 2. The van der Waals surface area contributed by atoms with E-state index in [1.54, 1.807) is 6.21 Å². The van der Waals surface area contributed by atoms with E-state index in [0.29, 0.717) is 6.42 Å². The van der Waals surface area contributed by atoms with Crippen molar-refractivity contribution in [3.63, 3.8) is 0 Å². The molecule has 0 aliphatic carbocycles. The van der Waals surface area contributed by atoms with Gasteiger partial charge in [0.05, 0.1) is 6.21 Å². The first-order valence-electron chi connectivity index (χ1n) is 5.61. The van der Waals surface area contributed by atoms with Gasteiger partial charge in [-0.3, -0.25) is 4.79 Å². The van der Waals surface area contributed by atoms with E-state index in [4.69, 9.17) is 0 Å². The Bertz CT molecular complexity index is 372. The molecule has 1 N–H and O–H groups in total. The number of amides is 1. The van der Waals surface area contributed by atoms with Crippen molar-refractivity contribution in [1.82, 2.24) is 5.43 Å². The molecule has 86 valence electrons. The van der Waals surface area contributed by atoms with Gasteiger partial charge in [0.1, 0.15) is 0 Å². The van der Waals surface area contributed by atoms with E-state index in [-0.39, 0.29) is 5.91 Å². The molecular weight excluding hydrogens is 200 g/mol. The summed E-state index contributed by atoms with van der Waals surface area (Å²) in [5.74, 6) is -0.0225. The number of carbonyl (C=O) groups excluding carboxylic acids is 1. The average molecular weight is 218 g/mol. The number of aryl methyl sites for hydroxylation is 1. The smallest absolute Gasteiger partial charge is 0.240 e. The Balaban J connectivity index is 2.40. The van der Waals surface area contributed by atoms with Crippen molar-refractivity contribution in [3.8, 4) is 0 Å². The molecule has 16 heavy (non-hydrogen) atoms. The molecular formula is C13H18N2O. The number of hydrazone groups is 1. The highest BCUT2D eigenvalue weighted by atomic mass is 16.2. The van der Waals surface area contributed by atoms with Crippen LogP contribution in [0, 0.1) is 6.92 Å². The van der Waals surface area contributed by atoms with E-state index in [1.165, 1.54) is 5.56 Å². The van der Waals surface area contributed by atoms with Gasteiger partial charge in [-0.25, -0.2) is 5.43 Å². The molecule has 0 spiro atoms. The first-order chi connectivity index (χ1) is 7.72. The van der Waals surface area contributed by atoms with Crippen molar-refractivity contribution in [1.29, 1.82) is 0 Å². The maximum Gasteiger partial charge on any atom is 0.240 e. The van der Waals surface area contributed by atoms with Crippen LogP contribution in [0.3, 0.4) is 0 Å². The lowest BCUT2D eigenvalue weighted by Gasteiger charge is -1.98. The van der Waals surface area contributed by atoms with Crippen LogP contribution >= 0.6 is 0 Å². The second kappa shape index (κ2) is 6.77. The second-order valence-electron chi connectivity index (χ2n) is 3.81. The fourth-order valence-electron chi connectivity index (χ4n) is 1.32. The van der Waals surface area contributed by atoms with Crippen LogP contribution in [0.1, 0.15) is 37.3 Å². The quantitative estimate of drug-likeness (QED) is 0.599. The molecule has 0 aliphatic rings. The van der Waals surface area contributed by atoms with Crippen LogP contribution in [-0.2, 0) is 4.79 Å². The Morgan fingerprint density at radius 2 is 2.31 bits per heavy atom. The second-order valence-corrected chi connectivity index (χ2v) is 3.81. The summed E-state index contributed by atoms with van der Waals surface area (Å²) in [6.45, 7) is 4.08. The van der Waals surface area contributed by atoms with Crippen molar-refractivity contribution in [2.24, 2.45) is 5.10 Å². The monoisotopic (exact) mass is 218 g/mol. The topological polar surface area (TPSA) is 41.5 Å². The van der Waals surface area contributed by atoms with Crippen LogP contribution in [0.15, 0.2) is 29.4 Å². The summed E-state index contributed by atoms with van der Waals surface area (Å²) in [4.78, 5) is 11.2. The summed E-state index contributed by atoms with van der Waals surface area (Å²) in [7, 11) is 0. The maximum atomic E-state index is 11.2. The van der Waals surface area contributed by atoms with Crippen molar-refractivity contribution < 1.29 is 4.79 Å². The van der Waals surface area contributed by atoms with Gasteiger partial charge in [-0.2, -0.15) is 5.10 Å². The molecule has 1 rings (SSSR count). The van der Waals surface area contributed by atoms with E-state index in [1.807, 2.05) is 31.2 Å². The summed E-state index contributed by atoms with van der Waals surface area (Å²) in [6, 6.07) is 7.96. The summed E-state index contributed by atoms with van der Waals surface area (Å²) in [5.41, 5.74) is 4.69. The Kier molecular flexibility index (Phi) is 5.26. The van der Waals surface area contributed by atoms with Crippen molar-refractivity contribution in [2.45, 2.75) is 33.1 Å². The largest absolute Gasteiger partial charge is 0.273 e. The first kappa shape index (κ1) is 12.4. The minimum atomic E-state index is -0.0225. The SMILES string of the molecule is CCCCC(=O)NN=Cc1cccc(C)c1. The molecule has 0 saturated carbocycles. The number of hydrogen-bond donors (Lipinski definition) is 1. The van der Waals surface area contributed by atoms with Crippen molar-refractivity contribution in [3.05, 3.63) is 35.4 Å². The number of unbranched alkanes of at least 4 members (excludes halogenated alkanes) is 1. The van der Waals surface area contributed by atoms with Crippen molar-refractivity contribution in [2.75, 3.05) is 0 Å². The van der Waals surface area contributed by atoms with Gasteiger partial charge in [0.15, 0.2) is 0 Å². The van der Waals surface area contributed by atoms with Crippen LogP contribution in [0.2, 0.25) is 0 Å². The Morgan fingerprint density at radius 1 is 1.50 bits per heavy atom. The fraction of sp³-hybridized carbons (Fsp3) is 0.385. The Morgan fingerprint density at radius 3 is 3.00 bits per heavy atom. The third-order valence-corrected chi connectivity index (χ3v) is 2.20. The number of rotatable bonds is 5. The molecule has 0 aliphatic heterocycles. The van der Waals surface area contributed by atoms with E-state index in [2.05, 4.69) is 17.5 Å². The molecule has 0 fully saturated rings. The molecule has 0 bridgehead atoms. The van der Waals surface area contributed by atoms with Crippen molar-refractivity contribution >= 4 is 12.1 Å². The molecule has 0 atom stereocenters. The highest BCUT2D eigenvalue weighted by Crippen LogP contribution is 2.00. The predicted octanol–water partition coefficient (Wildman–Crippen LogP) is 2.64. The molecule has 0 unspecified atom stereocenters. The molecule has 3 nitrogen and oxygen atoms in total. The number of carbonyl (C=O) groups is 1. The van der Waals surface area contributed by atoms with Gasteiger partial charge in [0.25, 0.3) is 0 Å². The Labute approximate surface area is 96.6 Å². The third kappa shape index (κ3) is 4.73. The third-order valence-electron chi connectivity index (χ3n) is 2.20. The number of nitrogens with one attached hydrogen (secondary N) is 1. The lowest BCUT2D eigenvalue weighted by atomic mass is 10.2. The molecule has 1 aromatic rings. The van der Waals surface area contributed by atoms with Gasteiger partial charge < -0.3 is 0 Å². The van der Waals surface area contributed by atoms with Crippen LogP contribution in [0.4, 0.5) is 0 Å². The Hall–Kier alpha value is -1.64. The maximum absolute atomic E-state index is 11.2. The molecule has 0 radical (unpaired) electrons. The summed E-state index contributed by atoms with van der Waals surface area (Å²) in [6.07, 6.45) is 4.14.